The predicted octanol–water partition coefficient (Wildman–Crippen LogP) is 1.97. The summed E-state index contributed by atoms with van der Waals surface area (Å²) in [4.78, 5) is 12.8. The minimum Gasteiger partial charge on any atom is -0.383 e. The molecule has 0 saturated heterocycles. The second kappa shape index (κ2) is 6.68. The molecule has 1 aliphatic rings. The number of rotatable bonds is 7. The van der Waals surface area contributed by atoms with E-state index in [2.05, 4.69) is 15.5 Å². The molecule has 3 rings (SSSR count). The fourth-order valence-electron chi connectivity index (χ4n) is 2.90. The minimum atomic E-state index is -0.542. The van der Waals surface area contributed by atoms with Gasteiger partial charge in [-0.2, -0.15) is 0 Å². The van der Waals surface area contributed by atoms with Gasteiger partial charge in [-0.05, 0) is 37.5 Å². The minimum absolute atomic E-state index is 0.0529. The summed E-state index contributed by atoms with van der Waals surface area (Å²) < 4.78 is 20.0. The number of hydrogen-bond acceptors (Lipinski definition) is 4. The van der Waals surface area contributed by atoms with Gasteiger partial charge in [0, 0.05) is 13.7 Å². The Balaban J connectivity index is 1.70. The SMILES string of the molecule is COCCn1cnnc1[C@H](C)NC(=O)C1(c2ccc(F)cc2)CC1. The first-order valence-corrected chi connectivity index (χ1v) is 8.00. The van der Waals surface area contributed by atoms with E-state index >= 15 is 0 Å². The molecule has 1 amide bonds. The summed E-state index contributed by atoms with van der Waals surface area (Å²) in [6.07, 6.45) is 3.17. The van der Waals surface area contributed by atoms with Crippen LogP contribution in [0, 0.1) is 5.82 Å². The third-order valence-corrected chi connectivity index (χ3v) is 4.50. The summed E-state index contributed by atoms with van der Waals surface area (Å²) in [5, 5.41) is 11.0. The molecule has 7 heteroatoms. The van der Waals surface area contributed by atoms with Crippen LogP contribution in [0.2, 0.25) is 0 Å². The molecule has 24 heavy (non-hydrogen) atoms. The molecule has 128 valence electrons. The van der Waals surface area contributed by atoms with Crippen LogP contribution in [-0.2, 0) is 21.5 Å². The zero-order valence-electron chi connectivity index (χ0n) is 13.8. The second-order valence-electron chi connectivity index (χ2n) is 6.16. The maximum Gasteiger partial charge on any atom is 0.231 e. The monoisotopic (exact) mass is 332 g/mol. The smallest absolute Gasteiger partial charge is 0.231 e. The summed E-state index contributed by atoms with van der Waals surface area (Å²) >= 11 is 0. The van der Waals surface area contributed by atoms with Crippen molar-refractivity contribution >= 4 is 5.91 Å². The molecule has 0 aliphatic heterocycles. The second-order valence-corrected chi connectivity index (χ2v) is 6.16. The first-order valence-electron chi connectivity index (χ1n) is 8.00. The van der Waals surface area contributed by atoms with E-state index in [1.165, 1.54) is 12.1 Å². The highest BCUT2D eigenvalue weighted by molar-refractivity contribution is 5.91. The number of halogens is 1. The number of carbonyl (C=O) groups excluding carboxylic acids is 1. The molecule has 1 aromatic carbocycles. The van der Waals surface area contributed by atoms with Crippen molar-refractivity contribution in [3.05, 3.63) is 47.8 Å². The van der Waals surface area contributed by atoms with Gasteiger partial charge in [0.25, 0.3) is 0 Å². The van der Waals surface area contributed by atoms with Crippen LogP contribution in [0.25, 0.3) is 0 Å². The van der Waals surface area contributed by atoms with Gasteiger partial charge in [0.15, 0.2) is 5.82 Å². The maximum absolute atomic E-state index is 13.1. The number of ether oxygens (including phenoxy) is 1. The van der Waals surface area contributed by atoms with Crippen molar-refractivity contribution in [3.8, 4) is 0 Å². The molecule has 0 radical (unpaired) electrons. The zero-order valence-corrected chi connectivity index (χ0v) is 13.8. The number of carbonyl (C=O) groups is 1. The number of hydrogen-bond donors (Lipinski definition) is 1. The van der Waals surface area contributed by atoms with Crippen molar-refractivity contribution in [2.24, 2.45) is 0 Å². The Hall–Kier alpha value is -2.28. The van der Waals surface area contributed by atoms with Crippen molar-refractivity contribution in [1.82, 2.24) is 20.1 Å². The highest BCUT2D eigenvalue weighted by atomic mass is 19.1. The van der Waals surface area contributed by atoms with E-state index in [1.807, 2.05) is 11.5 Å². The van der Waals surface area contributed by atoms with E-state index in [0.29, 0.717) is 19.0 Å². The van der Waals surface area contributed by atoms with Gasteiger partial charge in [0.2, 0.25) is 5.91 Å². The molecule has 0 spiro atoms. The topological polar surface area (TPSA) is 69.0 Å². The van der Waals surface area contributed by atoms with Crippen LogP contribution in [0.5, 0.6) is 0 Å². The fourth-order valence-corrected chi connectivity index (χ4v) is 2.90. The van der Waals surface area contributed by atoms with E-state index in [-0.39, 0.29) is 17.8 Å². The van der Waals surface area contributed by atoms with E-state index in [4.69, 9.17) is 4.74 Å². The highest BCUT2D eigenvalue weighted by Crippen LogP contribution is 2.48. The molecule has 6 nitrogen and oxygen atoms in total. The van der Waals surface area contributed by atoms with Crippen molar-refractivity contribution < 1.29 is 13.9 Å². The molecule has 2 aromatic rings. The van der Waals surface area contributed by atoms with Crippen LogP contribution >= 0.6 is 0 Å². The average molecular weight is 332 g/mol. The third-order valence-electron chi connectivity index (χ3n) is 4.50. The normalized spacial score (nSPS) is 16.6. The van der Waals surface area contributed by atoms with Crippen LogP contribution in [0.15, 0.2) is 30.6 Å². The van der Waals surface area contributed by atoms with Gasteiger partial charge in [0.1, 0.15) is 12.1 Å². The van der Waals surface area contributed by atoms with Gasteiger partial charge in [-0.15, -0.1) is 10.2 Å². The van der Waals surface area contributed by atoms with E-state index in [0.717, 1.165) is 18.4 Å². The Morgan fingerprint density at radius 1 is 1.42 bits per heavy atom. The standard InChI is InChI=1S/C17H21FN4O2/c1-12(15-21-19-11-22(15)9-10-24-2)20-16(23)17(7-8-17)13-3-5-14(18)6-4-13/h3-6,11-12H,7-10H2,1-2H3,(H,20,23)/t12-/m0/s1. The van der Waals surface area contributed by atoms with Gasteiger partial charge in [0.05, 0.1) is 18.1 Å². The van der Waals surface area contributed by atoms with Crippen LogP contribution in [-0.4, -0.2) is 34.4 Å². The van der Waals surface area contributed by atoms with Crippen molar-refractivity contribution in [2.45, 2.75) is 37.8 Å². The van der Waals surface area contributed by atoms with Crippen molar-refractivity contribution in [2.75, 3.05) is 13.7 Å². The number of methoxy groups -OCH3 is 1. The lowest BCUT2D eigenvalue weighted by atomic mass is 9.94. The zero-order chi connectivity index (χ0) is 17.2. The van der Waals surface area contributed by atoms with Crippen LogP contribution < -0.4 is 5.32 Å². The molecule has 1 N–H and O–H groups in total. The first-order chi connectivity index (χ1) is 11.6. The molecular weight excluding hydrogens is 311 g/mol. The summed E-state index contributed by atoms with van der Waals surface area (Å²) in [7, 11) is 1.63. The maximum atomic E-state index is 13.1. The largest absolute Gasteiger partial charge is 0.383 e. The Morgan fingerprint density at radius 3 is 2.75 bits per heavy atom. The molecule has 0 unspecified atom stereocenters. The molecule has 1 fully saturated rings. The summed E-state index contributed by atoms with van der Waals surface area (Å²) in [5.74, 6) is 0.341. The van der Waals surface area contributed by atoms with E-state index < -0.39 is 5.41 Å². The molecule has 1 aliphatic carbocycles. The molecule has 1 saturated carbocycles. The highest BCUT2D eigenvalue weighted by Gasteiger charge is 2.51. The first kappa shape index (κ1) is 16.6. The average Bonchev–Trinajstić information content (AvgIpc) is 3.25. The number of nitrogens with zero attached hydrogens (tertiary/aromatic N) is 3. The fraction of sp³-hybridized carbons (Fsp3) is 0.471. The van der Waals surface area contributed by atoms with Gasteiger partial charge >= 0.3 is 0 Å². The number of benzene rings is 1. The lowest BCUT2D eigenvalue weighted by molar-refractivity contribution is -0.124. The number of nitrogens with one attached hydrogen (secondary N) is 1. The lowest BCUT2D eigenvalue weighted by Crippen LogP contribution is -2.37. The summed E-state index contributed by atoms with van der Waals surface area (Å²) in [5.41, 5.74) is 0.314. The quantitative estimate of drug-likeness (QED) is 0.842. The van der Waals surface area contributed by atoms with Gasteiger partial charge < -0.3 is 14.6 Å². The van der Waals surface area contributed by atoms with Crippen molar-refractivity contribution in [3.63, 3.8) is 0 Å². The van der Waals surface area contributed by atoms with Crippen LogP contribution in [0.1, 0.15) is 37.2 Å². The van der Waals surface area contributed by atoms with Crippen molar-refractivity contribution in [1.29, 1.82) is 0 Å². The van der Waals surface area contributed by atoms with Gasteiger partial charge in [-0.3, -0.25) is 4.79 Å². The van der Waals surface area contributed by atoms with Gasteiger partial charge in [-0.25, -0.2) is 4.39 Å². The Morgan fingerprint density at radius 2 is 2.12 bits per heavy atom. The molecule has 1 heterocycles. The number of aromatic nitrogens is 3. The van der Waals surface area contributed by atoms with Gasteiger partial charge in [-0.1, -0.05) is 12.1 Å². The molecule has 0 bridgehead atoms. The predicted molar refractivity (Wildman–Crippen MR) is 85.8 cm³/mol. The molecule has 1 atom stereocenters. The lowest BCUT2D eigenvalue weighted by Gasteiger charge is -2.20. The summed E-state index contributed by atoms with van der Waals surface area (Å²) in [6, 6.07) is 5.90. The molecular formula is C17H21FN4O2. The Labute approximate surface area is 140 Å². The third kappa shape index (κ3) is 3.17. The Bertz CT molecular complexity index is 710. The van der Waals surface area contributed by atoms with E-state index in [1.54, 1.807) is 25.6 Å². The van der Waals surface area contributed by atoms with Crippen LogP contribution in [0.4, 0.5) is 4.39 Å². The van der Waals surface area contributed by atoms with Crippen LogP contribution in [0.3, 0.4) is 0 Å². The Kier molecular flexibility index (Phi) is 4.62. The molecule has 1 aromatic heterocycles. The summed E-state index contributed by atoms with van der Waals surface area (Å²) in [6.45, 7) is 3.05. The van der Waals surface area contributed by atoms with E-state index in [9.17, 15) is 9.18 Å². The number of amides is 1.